The van der Waals surface area contributed by atoms with E-state index in [1.165, 1.54) is 24.9 Å². The molecule has 2 fully saturated rings. The Morgan fingerprint density at radius 2 is 1.85 bits per heavy atom. The second kappa shape index (κ2) is 9.76. The molecule has 0 radical (unpaired) electrons. The molecule has 0 aliphatic carbocycles. The molecule has 0 bridgehead atoms. The predicted molar refractivity (Wildman–Crippen MR) is 127 cm³/mol. The Morgan fingerprint density at radius 3 is 2.47 bits per heavy atom. The maximum Gasteiger partial charge on any atom is 0.326 e. The van der Waals surface area contributed by atoms with Crippen LogP contribution >= 0.6 is 11.8 Å². The molecule has 4 atom stereocenters. The fourth-order valence-electron chi connectivity index (χ4n) is 5.07. The molecular weight excluding hydrogens is 459 g/mol. The van der Waals surface area contributed by atoms with Crippen LogP contribution in [0, 0.1) is 17.7 Å². The van der Waals surface area contributed by atoms with E-state index < -0.39 is 47.0 Å². The van der Waals surface area contributed by atoms with E-state index in [9.17, 15) is 18.8 Å². The van der Waals surface area contributed by atoms with Crippen LogP contribution in [0.1, 0.15) is 24.9 Å². The van der Waals surface area contributed by atoms with Crippen molar-refractivity contribution in [2.45, 2.75) is 24.9 Å². The van der Waals surface area contributed by atoms with Gasteiger partial charge in [0.15, 0.2) is 0 Å². The smallest absolute Gasteiger partial charge is 0.326 e. The maximum absolute atomic E-state index is 14.9. The van der Waals surface area contributed by atoms with Gasteiger partial charge in [-0.1, -0.05) is 18.2 Å². The zero-order valence-electron chi connectivity index (χ0n) is 19.2. The Bertz CT molecular complexity index is 1090. The van der Waals surface area contributed by atoms with E-state index in [0.29, 0.717) is 23.8 Å². The molecule has 180 valence electrons. The number of hydrogen-bond acceptors (Lipinski definition) is 7. The van der Waals surface area contributed by atoms with Crippen molar-refractivity contribution < 1.29 is 28.2 Å². The Kier molecular flexibility index (Phi) is 6.95. The number of carbonyl (C=O) groups excluding carboxylic acids is 3. The van der Waals surface area contributed by atoms with Crippen LogP contribution in [0.5, 0.6) is 5.75 Å². The van der Waals surface area contributed by atoms with Crippen molar-refractivity contribution in [2.75, 3.05) is 30.6 Å². The van der Waals surface area contributed by atoms with Crippen LogP contribution in [0.25, 0.3) is 0 Å². The van der Waals surface area contributed by atoms with Gasteiger partial charge in [-0.05, 0) is 55.7 Å². The molecule has 0 spiro atoms. The third-order valence-electron chi connectivity index (χ3n) is 6.55. The first-order valence-electron chi connectivity index (χ1n) is 11.1. The average Bonchev–Trinajstić information content (AvgIpc) is 3.32. The Morgan fingerprint density at radius 1 is 1.15 bits per heavy atom. The molecule has 0 saturated carbocycles. The van der Waals surface area contributed by atoms with Crippen LogP contribution in [0.15, 0.2) is 48.5 Å². The first-order valence-corrected chi connectivity index (χ1v) is 12.5. The largest absolute Gasteiger partial charge is 0.494 e. The monoisotopic (exact) mass is 486 g/mol. The molecule has 2 aromatic rings. The summed E-state index contributed by atoms with van der Waals surface area (Å²) < 4.78 is 25.4. The van der Waals surface area contributed by atoms with Gasteiger partial charge in [-0.15, -0.1) is 0 Å². The van der Waals surface area contributed by atoms with Gasteiger partial charge in [0.1, 0.15) is 17.1 Å². The van der Waals surface area contributed by atoms with Gasteiger partial charge >= 0.3 is 5.97 Å². The number of anilines is 1. The van der Waals surface area contributed by atoms with E-state index in [2.05, 4.69) is 5.32 Å². The van der Waals surface area contributed by atoms with Gasteiger partial charge in [0.2, 0.25) is 11.8 Å². The van der Waals surface area contributed by atoms with E-state index in [4.69, 9.17) is 9.47 Å². The number of amides is 2. The summed E-state index contributed by atoms with van der Waals surface area (Å²) in [6, 6.07) is 11.9. The Hall–Kier alpha value is -2.91. The fourth-order valence-corrected chi connectivity index (χ4v) is 5.60. The number of methoxy groups -OCH3 is 1. The SMILES string of the molecule is CCOc1ccc(N2C(=O)[C@H]3[C@@H](C2=O)[C@@](CCSC)(C(=O)OC)N[C@H]3c2ccccc2F)cc1. The van der Waals surface area contributed by atoms with E-state index in [-0.39, 0.29) is 12.0 Å². The molecule has 0 unspecified atom stereocenters. The molecule has 2 heterocycles. The minimum Gasteiger partial charge on any atom is -0.494 e. The first kappa shape index (κ1) is 24.2. The van der Waals surface area contributed by atoms with Crippen LogP contribution in [0.4, 0.5) is 10.1 Å². The molecular formula is C25H27FN2O5S. The number of nitrogens with one attached hydrogen (secondary N) is 1. The average molecular weight is 487 g/mol. The van der Waals surface area contributed by atoms with Crippen molar-refractivity contribution in [1.82, 2.24) is 5.32 Å². The lowest BCUT2D eigenvalue weighted by Gasteiger charge is -2.32. The van der Waals surface area contributed by atoms with E-state index in [1.54, 1.807) is 42.5 Å². The molecule has 2 aliphatic heterocycles. The Balaban J connectivity index is 1.83. The summed E-state index contributed by atoms with van der Waals surface area (Å²) in [6.07, 6.45) is 2.14. The highest BCUT2D eigenvalue weighted by Gasteiger charge is 2.68. The number of nitrogens with zero attached hydrogens (tertiary/aromatic N) is 1. The van der Waals surface area contributed by atoms with E-state index in [0.717, 1.165) is 4.90 Å². The van der Waals surface area contributed by atoms with Crippen LogP contribution in [-0.4, -0.2) is 49.0 Å². The lowest BCUT2D eigenvalue weighted by Crippen LogP contribution is -2.56. The molecule has 1 N–H and O–H groups in total. The van der Waals surface area contributed by atoms with Crippen LogP contribution in [-0.2, 0) is 19.1 Å². The van der Waals surface area contributed by atoms with Crippen LogP contribution in [0.2, 0.25) is 0 Å². The summed E-state index contributed by atoms with van der Waals surface area (Å²) in [5, 5.41) is 3.19. The van der Waals surface area contributed by atoms with Crippen molar-refractivity contribution in [3.63, 3.8) is 0 Å². The third kappa shape index (κ3) is 3.86. The van der Waals surface area contributed by atoms with Gasteiger partial charge in [-0.25, -0.2) is 9.29 Å². The highest BCUT2D eigenvalue weighted by atomic mass is 32.2. The van der Waals surface area contributed by atoms with E-state index in [1.807, 2.05) is 13.2 Å². The first-order chi connectivity index (χ1) is 16.4. The highest BCUT2D eigenvalue weighted by molar-refractivity contribution is 7.98. The molecule has 2 amide bonds. The number of carbonyl (C=O) groups is 3. The number of esters is 1. The van der Waals surface area contributed by atoms with Crippen molar-refractivity contribution in [2.24, 2.45) is 11.8 Å². The number of halogens is 1. The van der Waals surface area contributed by atoms with Crippen molar-refractivity contribution >= 4 is 35.2 Å². The minimum atomic E-state index is -1.46. The number of benzene rings is 2. The molecule has 7 nitrogen and oxygen atoms in total. The summed E-state index contributed by atoms with van der Waals surface area (Å²) in [5.41, 5.74) is -0.840. The molecule has 4 rings (SSSR count). The second-order valence-electron chi connectivity index (χ2n) is 8.29. The van der Waals surface area contributed by atoms with Crippen molar-refractivity contribution in [3.05, 3.63) is 59.9 Å². The van der Waals surface area contributed by atoms with Gasteiger partial charge in [0, 0.05) is 11.6 Å². The van der Waals surface area contributed by atoms with Crippen LogP contribution < -0.4 is 15.0 Å². The molecule has 34 heavy (non-hydrogen) atoms. The van der Waals surface area contributed by atoms with Gasteiger partial charge in [0.05, 0.1) is 31.2 Å². The molecule has 9 heteroatoms. The number of imide groups is 1. The number of fused-ring (bicyclic) bond motifs is 1. The summed E-state index contributed by atoms with van der Waals surface area (Å²) in [7, 11) is 1.25. The Labute approximate surface area is 202 Å². The van der Waals surface area contributed by atoms with Gasteiger partial charge in [-0.3, -0.25) is 19.7 Å². The number of rotatable bonds is 8. The molecule has 2 aliphatic rings. The minimum absolute atomic E-state index is 0.238. The van der Waals surface area contributed by atoms with Crippen molar-refractivity contribution in [3.8, 4) is 5.75 Å². The molecule has 2 saturated heterocycles. The van der Waals surface area contributed by atoms with Gasteiger partial charge in [-0.2, -0.15) is 11.8 Å². The molecule has 0 aromatic heterocycles. The highest BCUT2D eigenvalue weighted by Crippen LogP contribution is 2.51. The summed E-state index contributed by atoms with van der Waals surface area (Å²) in [6.45, 7) is 2.34. The summed E-state index contributed by atoms with van der Waals surface area (Å²) >= 11 is 1.51. The summed E-state index contributed by atoms with van der Waals surface area (Å²) in [4.78, 5) is 41.8. The third-order valence-corrected chi connectivity index (χ3v) is 7.16. The topological polar surface area (TPSA) is 84.9 Å². The predicted octanol–water partition coefficient (Wildman–Crippen LogP) is 3.34. The zero-order chi connectivity index (χ0) is 24.5. The number of thioether (sulfide) groups is 1. The van der Waals surface area contributed by atoms with Gasteiger partial charge in [0.25, 0.3) is 0 Å². The van der Waals surface area contributed by atoms with E-state index >= 15 is 0 Å². The lowest BCUT2D eigenvalue weighted by atomic mass is 9.78. The van der Waals surface area contributed by atoms with Crippen LogP contribution in [0.3, 0.4) is 0 Å². The molecule has 2 aromatic carbocycles. The standard InChI is InChI=1S/C25H27FN2O5S/c1-4-33-16-11-9-15(10-12-16)28-22(29)19-20(23(28)30)25(13-14-34-3,24(31)32-2)27-21(19)17-7-5-6-8-18(17)26/h5-12,19-21,27H,4,13-14H2,1-3H3/t19-,20-,21-,25-/m0/s1. The summed E-state index contributed by atoms with van der Waals surface area (Å²) in [5.74, 6) is -2.96. The van der Waals surface area contributed by atoms with Gasteiger partial charge < -0.3 is 9.47 Å². The van der Waals surface area contributed by atoms with Crippen molar-refractivity contribution in [1.29, 1.82) is 0 Å². The number of ether oxygens (including phenoxy) is 2. The quantitative estimate of drug-likeness (QED) is 0.453. The normalized spacial score (nSPS) is 26.0. The second-order valence-corrected chi connectivity index (χ2v) is 9.28. The zero-order valence-corrected chi connectivity index (χ0v) is 20.1. The lowest BCUT2D eigenvalue weighted by molar-refractivity contribution is -0.152. The maximum atomic E-state index is 14.9. The fraction of sp³-hybridized carbons (Fsp3) is 0.400. The number of hydrogen-bond donors (Lipinski definition) is 1.